The van der Waals surface area contributed by atoms with Gasteiger partial charge in [-0.25, -0.2) is 9.18 Å². The molecule has 0 spiro atoms. The zero-order chi connectivity index (χ0) is 14.0. The van der Waals surface area contributed by atoms with Crippen LogP contribution in [0.25, 0.3) is 0 Å². The first-order chi connectivity index (χ1) is 9.02. The summed E-state index contributed by atoms with van der Waals surface area (Å²) in [5.74, 6) is -0.523. The molecule has 0 aliphatic heterocycles. The Morgan fingerprint density at radius 2 is 2.11 bits per heavy atom. The molecule has 2 aromatic rings. The van der Waals surface area contributed by atoms with Gasteiger partial charge >= 0.3 is 5.69 Å². The van der Waals surface area contributed by atoms with Crippen molar-refractivity contribution in [1.82, 2.24) is 14.1 Å². The van der Waals surface area contributed by atoms with Crippen molar-refractivity contribution in [2.24, 2.45) is 0 Å². The molecule has 2 N–H and O–H groups in total. The summed E-state index contributed by atoms with van der Waals surface area (Å²) in [6.45, 7) is 2.09. The van der Waals surface area contributed by atoms with Gasteiger partial charge in [0.25, 0.3) is 5.56 Å². The fraction of sp³-hybridized carbons (Fsp3) is 0.250. The Morgan fingerprint density at radius 3 is 2.74 bits per heavy atom. The smallest absolute Gasteiger partial charge is 0.331 e. The van der Waals surface area contributed by atoms with Gasteiger partial charge in [0.2, 0.25) is 0 Å². The van der Waals surface area contributed by atoms with Crippen molar-refractivity contribution < 1.29 is 4.39 Å². The van der Waals surface area contributed by atoms with E-state index < -0.39 is 17.1 Å². The average molecular weight is 264 g/mol. The van der Waals surface area contributed by atoms with Crippen LogP contribution in [0.5, 0.6) is 0 Å². The first-order valence-electron chi connectivity index (χ1n) is 5.72. The number of nitrogens with two attached hydrogens (primary N) is 1. The maximum Gasteiger partial charge on any atom is 0.331 e. The van der Waals surface area contributed by atoms with Crippen molar-refractivity contribution in [2.75, 3.05) is 5.73 Å². The minimum atomic E-state index is -0.584. The van der Waals surface area contributed by atoms with Crippen molar-refractivity contribution in [3.63, 3.8) is 0 Å². The molecule has 0 unspecified atom stereocenters. The van der Waals surface area contributed by atoms with Crippen LogP contribution in [0, 0.1) is 5.82 Å². The van der Waals surface area contributed by atoms with Gasteiger partial charge in [-0.2, -0.15) is 0 Å². The van der Waals surface area contributed by atoms with Crippen molar-refractivity contribution in [1.29, 1.82) is 0 Å². The third-order valence-electron chi connectivity index (χ3n) is 2.71. The molecule has 0 aromatic carbocycles. The Bertz CT molecular complexity index is 720. The fourth-order valence-corrected chi connectivity index (χ4v) is 1.77. The highest BCUT2D eigenvalue weighted by Crippen LogP contribution is 2.02. The summed E-state index contributed by atoms with van der Waals surface area (Å²) in [5.41, 5.74) is 4.90. The normalized spacial score (nSPS) is 10.6. The van der Waals surface area contributed by atoms with E-state index in [0.717, 1.165) is 10.8 Å². The Morgan fingerprint density at radius 1 is 1.37 bits per heavy atom. The second kappa shape index (κ2) is 5.05. The highest BCUT2D eigenvalue weighted by Gasteiger charge is 2.09. The lowest BCUT2D eigenvalue weighted by molar-refractivity contribution is 0.592. The van der Waals surface area contributed by atoms with Crippen LogP contribution in [-0.2, 0) is 13.1 Å². The highest BCUT2D eigenvalue weighted by atomic mass is 19.1. The van der Waals surface area contributed by atoms with Crippen molar-refractivity contribution >= 4 is 5.69 Å². The zero-order valence-corrected chi connectivity index (χ0v) is 10.3. The number of pyridine rings is 1. The molecule has 100 valence electrons. The number of aryl methyl sites for hydroxylation is 1. The number of anilines is 1. The summed E-state index contributed by atoms with van der Waals surface area (Å²) >= 11 is 0. The lowest BCUT2D eigenvalue weighted by atomic mass is 10.3. The van der Waals surface area contributed by atoms with Crippen molar-refractivity contribution in [2.45, 2.75) is 20.0 Å². The Hall–Kier alpha value is -2.44. The van der Waals surface area contributed by atoms with Gasteiger partial charge in [0.1, 0.15) is 11.5 Å². The lowest BCUT2D eigenvalue weighted by Crippen LogP contribution is -2.40. The monoisotopic (exact) mass is 264 g/mol. The zero-order valence-electron chi connectivity index (χ0n) is 10.3. The van der Waals surface area contributed by atoms with Gasteiger partial charge in [-0.3, -0.25) is 18.9 Å². The third-order valence-corrected chi connectivity index (χ3v) is 2.71. The van der Waals surface area contributed by atoms with E-state index in [-0.39, 0.29) is 12.2 Å². The number of halogens is 1. The van der Waals surface area contributed by atoms with Gasteiger partial charge in [-0.05, 0) is 18.6 Å². The molecule has 0 bridgehead atoms. The van der Waals surface area contributed by atoms with Crippen LogP contribution in [0.4, 0.5) is 10.1 Å². The number of hydrogen-bond acceptors (Lipinski definition) is 4. The summed E-state index contributed by atoms with van der Waals surface area (Å²) in [7, 11) is 0. The second-order valence-corrected chi connectivity index (χ2v) is 4.06. The number of nitrogen functional groups attached to an aromatic ring is 1. The molecular weight excluding hydrogens is 251 g/mol. The number of aromatic nitrogens is 3. The molecule has 2 rings (SSSR count). The highest BCUT2D eigenvalue weighted by molar-refractivity contribution is 5.31. The SMILES string of the molecule is CCn1cc(N)c(=O)n(Cc2cncc(F)c2)c1=O. The molecule has 0 saturated heterocycles. The van der Waals surface area contributed by atoms with Crippen LogP contribution in [0.3, 0.4) is 0 Å². The van der Waals surface area contributed by atoms with E-state index in [4.69, 9.17) is 5.73 Å². The van der Waals surface area contributed by atoms with Gasteiger partial charge in [-0.15, -0.1) is 0 Å². The van der Waals surface area contributed by atoms with Crippen LogP contribution in [0.15, 0.2) is 34.2 Å². The van der Waals surface area contributed by atoms with E-state index in [1.807, 2.05) is 0 Å². The molecular formula is C12H13FN4O2. The van der Waals surface area contributed by atoms with E-state index in [1.54, 1.807) is 6.92 Å². The average Bonchev–Trinajstić information content (AvgIpc) is 2.39. The second-order valence-electron chi connectivity index (χ2n) is 4.06. The summed E-state index contributed by atoms with van der Waals surface area (Å²) in [6, 6.07) is 1.22. The molecule has 7 heteroatoms. The van der Waals surface area contributed by atoms with Crippen LogP contribution >= 0.6 is 0 Å². The third kappa shape index (κ3) is 2.54. The summed E-state index contributed by atoms with van der Waals surface area (Å²) in [5, 5.41) is 0. The van der Waals surface area contributed by atoms with Crippen molar-refractivity contribution in [3.05, 3.63) is 56.9 Å². The number of hydrogen-bond donors (Lipinski definition) is 1. The minimum absolute atomic E-state index is 0.0224. The Kier molecular flexibility index (Phi) is 3.46. The molecule has 2 aromatic heterocycles. The van der Waals surface area contributed by atoms with E-state index >= 15 is 0 Å². The van der Waals surface area contributed by atoms with E-state index in [0.29, 0.717) is 12.1 Å². The lowest BCUT2D eigenvalue weighted by Gasteiger charge is -2.09. The van der Waals surface area contributed by atoms with Crippen LogP contribution < -0.4 is 17.0 Å². The van der Waals surface area contributed by atoms with Gasteiger partial charge in [0.05, 0.1) is 12.7 Å². The molecule has 0 aliphatic carbocycles. The van der Waals surface area contributed by atoms with E-state index in [2.05, 4.69) is 4.98 Å². The molecule has 0 aliphatic rings. The van der Waals surface area contributed by atoms with Crippen LogP contribution in [0.2, 0.25) is 0 Å². The number of rotatable bonds is 3. The van der Waals surface area contributed by atoms with E-state index in [9.17, 15) is 14.0 Å². The number of nitrogens with zero attached hydrogens (tertiary/aromatic N) is 3. The van der Waals surface area contributed by atoms with E-state index in [1.165, 1.54) is 23.0 Å². The topological polar surface area (TPSA) is 82.9 Å². The maximum absolute atomic E-state index is 13.0. The predicted molar refractivity (Wildman–Crippen MR) is 68.3 cm³/mol. The molecule has 0 saturated carbocycles. The van der Waals surface area contributed by atoms with Gasteiger partial charge < -0.3 is 5.73 Å². The Labute approximate surface area is 107 Å². The fourth-order valence-electron chi connectivity index (χ4n) is 1.77. The van der Waals surface area contributed by atoms with Gasteiger partial charge in [0, 0.05) is 18.9 Å². The van der Waals surface area contributed by atoms with Crippen LogP contribution in [0.1, 0.15) is 12.5 Å². The first-order valence-corrected chi connectivity index (χ1v) is 5.72. The molecule has 0 radical (unpaired) electrons. The summed E-state index contributed by atoms with van der Waals surface area (Å²) < 4.78 is 15.3. The molecule has 6 nitrogen and oxygen atoms in total. The molecule has 0 fully saturated rings. The minimum Gasteiger partial charge on any atom is -0.393 e. The summed E-state index contributed by atoms with van der Waals surface area (Å²) in [6.07, 6.45) is 3.76. The molecule has 0 amide bonds. The van der Waals surface area contributed by atoms with Crippen molar-refractivity contribution in [3.8, 4) is 0 Å². The quantitative estimate of drug-likeness (QED) is 0.858. The molecule has 2 heterocycles. The van der Waals surface area contributed by atoms with Gasteiger partial charge in [-0.1, -0.05) is 0 Å². The Balaban J connectivity index is 2.54. The molecule has 0 atom stereocenters. The first kappa shape index (κ1) is 13.0. The van der Waals surface area contributed by atoms with Crippen LogP contribution in [-0.4, -0.2) is 14.1 Å². The van der Waals surface area contributed by atoms with Gasteiger partial charge in [0.15, 0.2) is 0 Å². The standard InChI is InChI=1S/C12H13FN4O2/c1-2-16-7-10(14)11(18)17(12(16)19)6-8-3-9(13)5-15-4-8/h3-5,7H,2,6,14H2,1H3. The summed E-state index contributed by atoms with van der Waals surface area (Å²) in [4.78, 5) is 27.6. The maximum atomic E-state index is 13.0. The predicted octanol–water partition coefficient (Wildman–Crippen LogP) is 0.194. The molecule has 19 heavy (non-hydrogen) atoms. The largest absolute Gasteiger partial charge is 0.393 e.